The van der Waals surface area contributed by atoms with E-state index in [-0.39, 0.29) is 23.2 Å². The Hall–Kier alpha value is -2.27. The third kappa shape index (κ3) is 2.29. The molecule has 0 aliphatic carbocycles. The summed E-state index contributed by atoms with van der Waals surface area (Å²) in [5.74, 6) is 0.317. The van der Waals surface area contributed by atoms with Gasteiger partial charge in [0, 0.05) is 0 Å². The third-order valence-electron chi connectivity index (χ3n) is 2.31. The minimum Gasteiger partial charge on any atom is -0.477 e. The lowest BCUT2D eigenvalue weighted by molar-refractivity contribution is 0.325. The number of pyridine rings is 1. The molecule has 1 heterocycles. The SMILES string of the molecule is CCOc1nc(N)c(C#N)c(C(C)C)c1C#N. The highest BCUT2D eigenvalue weighted by atomic mass is 16.5. The molecule has 5 nitrogen and oxygen atoms in total. The molecule has 1 aromatic heterocycles. The van der Waals surface area contributed by atoms with Gasteiger partial charge in [0.05, 0.1) is 12.2 Å². The summed E-state index contributed by atoms with van der Waals surface area (Å²) < 4.78 is 5.28. The molecule has 0 bridgehead atoms. The van der Waals surface area contributed by atoms with Crippen molar-refractivity contribution >= 4 is 5.82 Å². The van der Waals surface area contributed by atoms with Crippen molar-refractivity contribution in [1.29, 1.82) is 10.5 Å². The lowest BCUT2D eigenvalue weighted by Crippen LogP contribution is -2.08. The van der Waals surface area contributed by atoms with Crippen LogP contribution in [0, 0.1) is 22.7 Å². The number of nitriles is 2. The topological polar surface area (TPSA) is 95.7 Å². The van der Waals surface area contributed by atoms with E-state index in [9.17, 15) is 0 Å². The molecule has 17 heavy (non-hydrogen) atoms. The Balaban J connectivity index is 3.62. The number of nitrogen functional groups attached to an aromatic ring is 1. The minimum atomic E-state index is 0.00352. The van der Waals surface area contributed by atoms with Crippen LogP contribution in [0.5, 0.6) is 5.88 Å². The summed E-state index contributed by atoms with van der Waals surface area (Å²) in [5.41, 5.74) is 6.87. The van der Waals surface area contributed by atoms with Gasteiger partial charge in [0.1, 0.15) is 23.5 Å². The Bertz CT molecular complexity index is 509. The average Bonchev–Trinajstić information content (AvgIpc) is 2.28. The molecule has 5 heteroatoms. The highest BCUT2D eigenvalue weighted by molar-refractivity contribution is 5.63. The van der Waals surface area contributed by atoms with Crippen molar-refractivity contribution in [1.82, 2.24) is 4.98 Å². The summed E-state index contributed by atoms with van der Waals surface area (Å²) in [7, 11) is 0. The molecule has 0 aromatic carbocycles. The van der Waals surface area contributed by atoms with E-state index in [0.29, 0.717) is 17.7 Å². The van der Waals surface area contributed by atoms with Gasteiger partial charge < -0.3 is 10.5 Å². The first kappa shape index (κ1) is 12.8. The number of aromatic nitrogens is 1. The van der Waals surface area contributed by atoms with Gasteiger partial charge in [-0.05, 0) is 18.4 Å². The molecule has 1 rings (SSSR count). The van der Waals surface area contributed by atoms with Gasteiger partial charge in [-0.25, -0.2) is 0 Å². The molecule has 0 unspecified atom stereocenters. The van der Waals surface area contributed by atoms with Crippen LogP contribution in [0.3, 0.4) is 0 Å². The second kappa shape index (κ2) is 5.18. The Labute approximate surface area is 100 Å². The third-order valence-corrected chi connectivity index (χ3v) is 2.31. The molecule has 88 valence electrons. The van der Waals surface area contributed by atoms with Crippen LogP contribution in [0.15, 0.2) is 0 Å². The maximum atomic E-state index is 9.17. The maximum absolute atomic E-state index is 9.17. The van der Waals surface area contributed by atoms with E-state index in [4.69, 9.17) is 21.0 Å². The second-order valence-corrected chi connectivity index (χ2v) is 3.78. The van der Waals surface area contributed by atoms with Gasteiger partial charge in [-0.3, -0.25) is 0 Å². The first-order valence-corrected chi connectivity index (χ1v) is 5.33. The van der Waals surface area contributed by atoms with Crippen molar-refractivity contribution in [2.45, 2.75) is 26.7 Å². The monoisotopic (exact) mass is 230 g/mol. The Morgan fingerprint density at radius 1 is 1.29 bits per heavy atom. The van der Waals surface area contributed by atoms with Gasteiger partial charge in [0.25, 0.3) is 0 Å². The molecular formula is C12H14N4O. The van der Waals surface area contributed by atoms with Gasteiger partial charge in [-0.2, -0.15) is 15.5 Å². The maximum Gasteiger partial charge on any atom is 0.234 e. The van der Waals surface area contributed by atoms with Crippen LogP contribution in [0.4, 0.5) is 5.82 Å². The zero-order valence-corrected chi connectivity index (χ0v) is 10.1. The fourth-order valence-electron chi connectivity index (χ4n) is 1.64. The number of anilines is 1. The first-order chi connectivity index (χ1) is 8.06. The summed E-state index contributed by atoms with van der Waals surface area (Å²) in [5, 5.41) is 18.2. The molecule has 0 aliphatic heterocycles. The number of nitrogens with zero attached hydrogens (tertiary/aromatic N) is 3. The van der Waals surface area contributed by atoms with Gasteiger partial charge in [-0.15, -0.1) is 0 Å². The average molecular weight is 230 g/mol. The largest absolute Gasteiger partial charge is 0.477 e. The molecule has 0 saturated heterocycles. The number of ether oxygens (including phenoxy) is 1. The molecule has 0 saturated carbocycles. The van der Waals surface area contributed by atoms with Gasteiger partial charge in [0.2, 0.25) is 5.88 Å². The summed E-state index contributed by atoms with van der Waals surface area (Å²) in [6, 6.07) is 4.03. The Morgan fingerprint density at radius 3 is 2.29 bits per heavy atom. The Morgan fingerprint density at radius 2 is 1.88 bits per heavy atom. The first-order valence-electron chi connectivity index (χ1n) is 5.33. The van der Waals surface area contributed by atoms with Crippen molar-refractivity contribution < 1.29 is 4.74 Å². The van der Waals surface area contributed by atoms with Crippen LogP contribution in [0.1, 0.15) is 43.4 Å². The van der Waals surface area contributed by atoms with E-state index in [2.05, 4.69) is 4.98 Å². The molecule has 0 spiro atoms. The van der Waals surface area contributed by atoms with Crippen molar-refractivity contribution in [3.05, 3.63) is 16.7 Å². The van der Waals surface area contributed by atoms with Crippen LogP contribution in [-0.4, -0.2) is 11.6 Å². The van der Waals surface area contributed by atoms with E-state index in [1.165, 1.54) is 0 Å². The summed E-state index contributed by atoms with van der Waals surface area (Å²) in [6.07, 6.45) is 0. The minimum absolute atomic E-state index is 0.00352. The van der Waals surface area contributed by atoms with Crippen LogP contribution in [-0.2, 0) is 0 Å². The van der Waals surface area contributed by atoms with E-state index < -0.39 is 0 Å². The fourth-order valence-corrected chi connectivity index (χ4v) is 1.64. The van der Waals surface area contributed by atoms with Gasteiger partial charge >= 0.3 is 0 Å². The van der Waals surface area contributed by atoms with Crippen LogP contribution < -0.4 is 10.5 Å². The molecule has 0 atom stereocenters. The summed E-state index contributed by atoms with van der Waals surface area (Å²) in [6.45, 7) is 5.98. The van der Waals surface area contributed by atoms with E-state index in [1.54, 1.807) is 6.92 Å². The van der Waals surface area contributed by atoms with Crippen LogP contribution in [0.25, 0.3) is 0 Å². The predicted molar refractivity (Wildman–Crippen MR) is 63.3 cm³/mol. The molecule has 0 aliphatic rings. The zero-order chi connectivity index (χ0) is 13.0. The number of hydrogen-bond acceptors (Lipinski definition) is 5. The quantitative estimate of drug-likeness (QED) is 0.855. The molecule has 0 amide bonds. The number of rotatable bonds is 3. The molecule has 1 aromatic rings. The molecule has 2 N–H and O–H groups in total. The van der Waals surface area contributed by atoms with E-state index in [1.807, 2.05) is 26.0 Å². The van der Waals surface area contributed by atoms with Crippen LogP contribution in [0.2, 0.25) is 0 Å². The highest BCUT2D eigenvalue weighted by Crippen LogP contribution is 2.31. The summed E-state index contributed by atoms with van der Waals surface area (Å²) in [4.78, 5) is 3.96. The second-order valence-electron chi connectivity index (χ2n) is 3.78. The number of nitrogens with two attached hydrogens (primary N) is 1. The molecular weight excluding hydrogens is 216 g/mol. The normalized spacial score (nSPS) is 9.76. The fraction of sp³-hybridized carbons (Fsp3) is 0.417. The van der Waals surface area contributed by atoms with Gasteiger partial charge in [0.15, 0.2) is 0 Å². The molecule has 0 radical (unpaired) electrons. The highest BCUT2D eigenvalue weighted by Gasteiger charge is 2.21. The molecule has 0 fully saturated rings. The van der Waals surface area contributed by atoms with Crippen LogP contribution >= 0.6 is 0 Å². The van der Waals surface area contributed by atoms with Crippen molar-refractivity contribution in [3.8, 4) is 18.0 Å². The van der Waals surface area contributed by atoms with Crippen molar-refractivity contribution in [2.75, 3.05) is 12.3 Å². The van der Waals surface area contributed by atoms with E-state index in [0.717, 1.165) is 0 Å². The lowest BCUT2D eigenvalue weighted by atomic mass is 9.94. The number of hydrogen-bond donors (Lipinski definition) is 1. The Kier molecular flexibility index (Phi) is 3.90. The van der Waals surface area contributed by atoms with E-state index >= 15 is 0 Å². The van der Waals surface area contributed by atoms with Crippen molar-refractivity contribution in [3.63, 3.8) is 0 Å². The lowest BCUT2D eigenvalue weighted by Gasteiger charge is -2.14. The predicted octanol–water partition coefficient (Wildman–Crippen LogP) is 1.93. The standard InChI is InChI=1S/C12H14N4O/c1-4-17-12-9(6-14)10(7(2)3)8(5-13)11(15)16-12/h7H,4H2,1-3H3,(H2,15,16). The smallest absolute Gasteiger partial charge is 0.234 e. The van der Waals surface area contributed by atoms with Crippen molar-refractivity contribution in [2.24, 2.45) is 0 Å². The summed E-state index contributed by atoms with van der Waals surface area (Å²) >= 11 is 0. The zero-order valence-electron chi connectivity index (χ0n) is 10.1. The van der Waals surface area contributed by atoms with Gasteiger partial charge in [-0.1, -0.05) is 13.8 Å².